The first-order valence-electron chi connectivity index (χ1n) is 11.8. The molecule has 180 valence electrons. The summed E-state index contributed by atoms with van der Waals surface area (Å²) in [5.41, 5.74) is 1.44. The minimum Gasteiger partial charge on any atom is -0.432 e. The van der Waals surface area contributed by atoms with Crippen LogP contribution in [-0.2, 0) is 0 Å². The number of hydrogen-bond acceptors (Lipinski definition) is 2. The van der Waals surface area contributed by atoms with E-state index in [2.05, 4.69) is 17.7 Å². The molecule has 0 aliphatic heterocycles. The highest BCUT2D eigenvalue weighted by Crippen LogP contribution is 2.44. The smallest absolute Gasteiger partial charge is 0.432 e. The summed E-state index contributed by atoms with van der Waals surface area (Å²) < 4.78 is 74.7. The van der Waals surface area contributed by atoms with E-state index in [9.17, 15) is 22.0 Å². The highest BCUT2D eigenvalue weighted by atomic mass is 19.4. The van der Waals surface area contributed by atoms with E-state index in [-0.39, 0.29) is 5.75 Å². The van der Waals surface area contributed by atoms with Gasteiger partial charge >= 0.3 is 12.5 Å². The van der Waals surface area contributed by atoms with Gasteiger partial charge in [-0.05, 0) is 81.0 Å². The second-order valence-electron chi connectivity index (χ2n) is 9.15. The Bertz CT molecular complexity index is 734. The largest absolute Gasteiger partial charge is 0.573 e. The van der Waals surface area contributed by atoms with Crippen LogP contribution in [0.15, 0.2) is 35.9 Å². The molecule has 32 heavy (non-hydrogen) atoms. The Kier molecular flexibility index (Phi) is 8.45. The molecule has 0 heterocycles. The van der Waals surface area contributed by atoms with Gasteiger partial charge in [0.2, 0.25) is 0 Å². The highest BCUT2D eigenvalue weighted by molar-refractivity contribution is 5.31. The molecule has 0 radical (unpaired) electrons. The topological polar surface area (TPSA) is 18.5 Å². The van der Waals surface area contributed by atoms with Crippen LogP contribution in [0.4, 0.5) is 22.0 Å². The van der Waals surface area contributed by atoms with E-state index < -0.39 is 24.1 Å². The van der Waals surface area contributed by atoms with Crippen LogP contribution in [-0.4, -0.2) is 12.5 Å². The summed E-state index contributed by atoms with van der Waals surface area (Å²) in [5, 5.41) is 0. The quantitative estimate of drug-likeness (QED) is 0.208. The molecule has 1 saturated carbocycles. The van der Waals surface area contributed by atoms with Crippen LogP contribution >= 0.6 is 0 Å². The number of allylic oxidation sites excluding steroid dienone is 2. The number of alkyl halides is 5. The van der Waals surface area contributed by atoms with Gasteiger partial charge in [-0.1, -0.05) is 44.3 Å². The van der Waals surface area contributed by atoms with Gasteiger partial charge in [0.15, 0.2) is 0 Å². The molecule has 1 fully saturated rings. The molecule has 1 aromatic carbocycles. The van der Waals surface area contributed by atoms with E-state index in [0.29, 0.717) is 18.8 Å². The molecule has 0 amide bonds. The standard InChI is InChI=1S/C25H33F5O2/c1-2-3-4-5-18-6-8-19(9-7-18)20-10-12-21(13-11-20)24(26,27)31-22-14-16-23(17-15-22)32-25(28,29)30/h8,14-18,20-21H,2-7,9-13H2,1H3. The number of rotatable bonds is 9. The highest BCUT2D eigenvalue weighted by Gasteiger charge is 2.44. The zero-order chi connectivity index (χ0) is 23.2. The molecule has 1 aromatic rings. The van der Waals surface area contributed by atoms with E-state index in [4.69, 9.17) is 4.74 Å². The van der Waals surface area contributed by atoms with Crippen LogP contribution in [0.5, 0.6) is 11.5 Å². The lowest BCUT2D eigenvalue weighted by atomic mass is 9.73. The maximum Gasteiger partial charge on any atom is 0.573 e. The minimum atomic E-state index is -4.82. The van der Waals surface area contributed by atoms with Gasteiger partial charge in [-0.15, -0.1) is 13.2 Å². The fourth-order valence-electron chi connectivity index (χ4n) is 4.97. The second kappa shape index (κ2) is 10.9. The van der Waals surface area contributed by atoms with Gasteiger partial charge in [-0.2, -0.15) is 8.78 Å². The van der Waals surface area contributed by atoms with Crippen LogP contribution in [0.2, 0.25) is 0 Å². The van der Waals surface area contributed by atoms with Crippen molar-refractivity contribution < 1.29 is 31.4 Å². The molecule has 0 saturated heterocycles. The summed E-state index contributed by atoms with van der Waals surface area (Å²) in [6.45, 7) is 2.22. The van der Waals surface area contributed by atoms with Crippen molar-refractivity contribution in [2.45, 2.75) is 90.0 Å². The summed E-state index contributed by atoms with van der Waals surface area (Å²) in [7, 11) is 0. The molecule has 2 aliphatic carbocycles. The third kappa shape index (κ3) is 7.38. The van der Waals surface area contributed by atoms with Gasteiger partial charge in [0.25, 0.3) is 0 Å². The van der Waals surface area contributed by atoms with Crippen molar-refractivity contribution in [2.24, 2.45) is 17.8 Å². The van der Waals surface area contributed by atoms with Crippen LogP contribution in [0.1, 0.15) is 77.6 Å². The van der Waals surface area contributed by atoms with Crippen molar-refractivity contribution in [3.63, 3.8) is 0 Å². The average molecular weight is 461 g/mol. The van der Waals surface area contributed by atoms with Gasteiger partial charge in [0.05, 0.1) is 5.92 Å². The van der Waals surface area contributed by atoms with Crippen molar-refractivity contribution in [3.05, 3.63) is 35.9 Å². The average Bonchev–Trinajstić information content (AvgIpc) is 2.75. The molecule has 0 aromatic heterocycles. The fourth-order valence-corrected chi connectivity index (χ4v) is 4.97. The lowest BCUT2D eigenvalue weighted by Crippen LogP contribution is -2.37. The van der Waals surface area contributed by atoms with Crippen LogP contribution < -0.4 is 9.47 Å². The Morgan fingerprint density at radius 3 is 2.00 bits per heavy atom. The predicted octanol–water partition coefficient (Wildman–Crippen LogP) is 8.67. The van der Waals surface area contributed by atoms with Crippen molar-refractivity contribution >= 4 is 0 Å². The van der Waals surface area contributed by atoms with Crippen LogP contribution in [0.25, 0.3) is 0 Å². The molecule has 0 bridgehead atoms. The minimum absolute atomic E-state index is 0.171. The molecule has 3 rings (SSSR count). The Hall–Kier alpha value is -1.79. The number of hydrogen-bond donors (Lipinski definition) is 0. The Morgan fingerprint density at radius 1 is 0.844 bits per heavy atom. The number of unbranched alkanes of at least 4 members (excludes halogenated alkanes) is 2. The molecular weight excluding hydrogens is 427 g/mol. The summed E-state index contributed by atoms with van der Waals surface area (Å²) in [6, 6.07) is 4.09. The van der Waals surface area contributed by atoms with Gasteiger partial charge in [0.1, 0.15) is 11.5 Å². The Balaban J connectivity index is 1.47. The summed E-state index contributed by atoms with van der Waals surface area (Å²) >= 11 is 0. The molecule has 0 N–H and O–H groups in total. The summed E-state index contributed by atoms with van der Waals surface area (Å²) in [4.78, 5) is 0. The molecule has 0 spiro atoms. The van der Waals surface area contributed by atoms with E-state index in [0.717, 1.165) is 55.9 Å². The van der Waals surface area contributed by atoms with Crippen LogP contribution in [0, 0.1) is 17.8 Å². The molecule has 2 aliphatic rings. The molecule has 2 nitrogen and oxygen atoms in total. The first-order valence-corrected chi connectivity index (χ1v) is 11.8. The predicted molar refractivity (Wildman–Crippen MR) is 114 cm³/mol. The van der Waals surface area contributed by atoms with Crippen LogP contribution in [0.3, 0.4) is 0 Å². The fraction of sp³-hybridized carbons (Fsp3) is 0.680. The monoisotopic (exact) mass is 460 g/mol. The molecule has 7 heteroatoms. The van der Waals surface area contributed by atoms with E-state index in [1.807, 2.05) is 0 Å². The zero-order valence-electron chi connectivity index (χ0n) is 18.6. The Morgan fingerprint density at radius 2 is 1.47 bits per heavy atom. The summed E-state index contributed by atoms with van der Waals surface area (Å²) in [5.74, 6) is -0.377. The van der Waals surface area contributed by atoms with Crippen molar-refractivity contribution in [3.8, 4) is 11.5 Å². The Labute approximate surface area is 187 Å². The van der Waals surface area contributed by atoms with Crippen molar-refractivity contribution in [1.82, 2.24) is 0 Å². The normalized spacial score (nSPS) is 24.7. The van der Waals surface area contributed by atoms with E-state index in [1.54, 1.807) is 0 Å². The van der Waals surface area contributed by atoms with Gasteiger partial charge in [0, 0.05) is 0 Å². The third-order valence-corrected chi connectivity index (χ3v) is 6.81. The van der Waals surface area contributed by atoms with Crippen molar-refractivity contribution in [1.29, 1.82) is 0 Å². The van der Waals surface area contributed by atoms with E-state index >= 15 is 0 Å². The zero-order valence-corrected chi connectivity index (χ0v) is 18.6. The number of ether oxygens (including phenoxy) is 2. The van der Waals surface area contributed by atoms with Gasteiger partial charge < -0.3 is 9.47 Å². The molecular formula is C25H33F5O2. The molecule has 1 atom stereocenters. The first-order chi connectivity index (χ1) is 15.2. The lowest BCUT2D eigenvalue weighted by Gasteiger charge is -2.35. The first kappa shape index (κ1) is 24.8. The second-order valence-corrected chi connectivity index (χ2v) is 9.15. The maximum absolute atomic E-state index is 14.7. The van der Waals surface area contributed by atoms with Gasteiger partial charge in [-0.25, -0.2) is 0 Å². The number of halogens is 5. The SMILES string of the molecule is CCCCCC1CC=C(C2CCC(C(F)(F)Oc3ccc(OC(F)(F)F)cc3)CC2)CC1. The lowest BCUT2D eigenvalue weighted by molar-refractivity contribution is -0.274. The van der Waals surface area contributed by atoms with Crippen molar-refractivity contribution in [2.75, 3.05) is 0 Å². The molecule has 1 unspecified atom stereocenters. The maximum atomic E-state index is 14.7. The number of benzene rings is 1. The summed E-state index contributed by atoms with van der Waals surface area (Å²) in [6.07, 6.45) is 4.93. The third-order valence-electron chi connectivity index (χ3n) is 6.81. The van der Waals surface area contributed by atoms with E-state index in [1.165, 1.54) is 37.7 Å². The van der Waals surface area contributed by atoms with Gasteiger partial charge in [-0.3, -0.25) is 0 Å².